The molecule has 0 spiro atoms. The van der Waals surface area contributed by atoms with Crippen molar-refractivity contribution in [2.45, 2.75) is 13.8 Å². The molecule has 2 aromatic rings. The highest BCUT2D eigenvalue weighted by atomic mass is 35.5. The van der Waals surface area contributed by atoms with Gasteiger partial charge in [0.1, 0.15) is 0 Å². The molecule has 3 nitrogen and oxygen atoms in total. The average molecular weight is 335 g/mol. The molecule has 0 bridgehead atoms. The molecule has 22 heavy (non-hydrogen) atoms. The molecule has 114 valence electrons. The minimum atomic E-state index is -0.348. The molecule has 0 aromatic heterocycles. The van der Waals surface area contributed by atoms with Crippen LogP contribution in [0.1, 0.15) is 16.7 Å². The van der Waals surface area contributed by atoms with Crippen LogP contribution in [-0.2, 0) is 0 Å². The fourth-order valence-corrected chi connectivity index (χ4v) is 2.51. The van der Waals surface area contributed by atoms with E-state index in [1.807, 2.05) is 38.1 Å². The van der Waals surface area contributed by atoms with Crippen LogP contribution >= 0.6 is 23.2 Å². The van der Waals surface area contributed by atoms with E-state index in [1.165, 1.54) is 0 Å². The number of urea groups is 1. The van der Waals surface area contributed by atoms with Crippen LogP contribution in [0.5, 0.6) is 0 Å². The molecule has 0 heterocycles. The maximum absolute atomic E-state index is 11.9. The van der Waals surface area contributed by atoms with E-state index in [0.717, 1.165) is 16.7 Å². The minimum Gasteiger partial charge on any atom is -0.314 e. The van der Waals surface area contributed by atoms with Gasteiger partial charge in [0.15, 0.2) is 0 Å². The Balaban J connectivity index is 1.97. The van der Waals surface area contributed by atoms with E-state index in [0.29, 0.717) is 15.7 Å². The van der Waals surface area contributed by atoms with E-state index in [2.05, 4.69) is 10.6 Å². The zero-order valence-electron chi connectivity index (χ0n) is 12.3. The average Bonchev–Trinajstić information content (AvgIpc) is 2.45. The number of carbonyl (C=O) groups excluding carboxylic acids is 1. The van der Waals surface area contributed by atoms with Gasteiger partial charge in [-0.25, -0.2) is 4.79 Å². The van der Waals surface area contributed by atoms with Crippen molar-refractivity contribution in [2.24, 2.45) is 0 Å². The lowest BCUT2D eigenvalue weighted by Crippen LogP contribution is -2.24. The van der Waals surface area contributed by atoms with Crippen LogP contribution in [0.4, 0.5) is 10.5 Å². The van der Waals surface area contributed by atoms with Gasteiger partial charge in [-0.05, 0) is 54.8 Å². The summed E-state index contributed by atoms with van der Waals surface area (Å²) in [6.07, 6.45) is 3.34. The molecule has 0 atom stereocenters. The second kappa shape index (κ2) is 7.34. The van der Waals surface area contributed by atoms with Crippen LogP contribution in [0.25, 0.3) is 6.08 Å². The molecule has 2 N–H and O–H groups in total. The molecule has 2 aromatic carbocycles. The largest absolute Gasteiger partial charge is 0.323 e. The third-order valence-electron chi connectivity index (χ3n) is 3.03. The van der Waals surface area contributed by atoms with Crippen LogP contribution < -0.4 is 10.6 Å². The van der Waals surface area contributed by atoms with Crippen molar-refractivity contribution in [3.05, 3.63) is 69.3 Å². The molecule has 2 rings (SSSR count). The second-order valence-electron chi connectivity index (χ2n) is 4.92. The van der Waals surface area contributed by atoms with E-state index in [-0.39, 0.29) is 6.03 Å². The molecule has 0 saturated carbocycles. The quantitative estimate of drug-likeness (QED) is 0.774. The summed E-state index contributed by atoms with van der Waals surface area (Å²) in [5.74, 6) is 0. The molecule has 0 aliphatic heterocycles. The molecule has 0 aliphatic carbocycles. The Morgan fingerprint density at radius 2 is 1.77 bits per heavy atom. The smallest absolute Gasteiger partial charge is 0.314 e. The summed E-state index contributed by atoms with van der Waals surface area (Å²) in [6, 6.07) is 10.7. The summed E-state index contributed by atoms with van der Waals surface area (Å²) in [6.45, 7) is 3.86. The van der Waals surface area contributed by atoms with Gasteiger partial charge in [-0.3, -0.25) is 0 Å². The number of anilines is 1. The van der Waals surface area contributed by atoms with Crippen LogP contribution in [0, 0.1) is 13.8 Å². The van der Waals surface area contributed by atoms with E-state index < -0.39 is 0 Å². The van der Waals surface area contributed by atoms with Crippen LogP contribution in [0.15, 0.2) is 42.6 Å². The summed E-state index contributed by atoms with van der Waals surface area (Å²) in [4.78, 5) is 11.9. The Bertz CT molecular complexity index is 686. The van der Waals surface area contributed by atoms with Crippen molar-refractivity contribution in [3.63, 3.8) is 0 Å². The van der Waals surface area contributed by atoms with Crippen LogP contribution in [0.3, 0.4) is 0 Å². The predicted molar refractivity (Wildman–Crippen MR) is 93.6 cm³/mol. The highest BCUT2D eigenvalue weighted by molar-refractivity contribution is 6.34. The summed E-state index contributed by atoms with van der Waals surface area (Å²) in [5, 5.41) is 6.58. The number of halogens is 2. The Morgan fingerprint density at radius 3 is 2.41 bits per heavy atom. The molecule has 0 saturated heterocycles. The monoisotopic (exact) mass is 334 g/mol. The molecular weight excluding hydrogens is 319 g/mol. The van der Waals surface area contributed by atoms with E-state index in [4.69, 9.17) is 23.2 Å². The minimum absolute atomic E-state index is 0.348. The number of nitrogens with one attached hydrogen (secondary N) is 2. The summed E-state index contributed by atoms with van der Waals surface area (Å²) < 4.78 is 0. The van der Waals surface area contributed by atoms with Gasteiger partial charge >= 0.3 is 6.03 Å². The van der Waals surface area contributed by atoms with Crippen molar-refractivity contribution >= 4 is 41.0 Å². The van der Waals surface area contributed by atoms with Crippen LogP contribution in [0.2, 0.25) is 10.0 Å². The van der Waals surface area contributed by atoms with Crippen molar-refractivity contribution in [1.29, 1.82) is 0 Å². The van der Waals surface area contributed by atoms with Gasteiger partial charge in [-0.2, -0.15) is 0 Å². The van der Waals surface area contributed by atoms with Gasteiger partial charge in [-0.15, -0.1) is 0 Å². The number of amides is 2. The van der Waals surface area contributed by atoms with Gasteiger partial charge in [0, 0.05) is 11.2 Å². The van der Waals surface area contributed by atoms with Gasteiger partial charge in [-0.1, -0.05) is 41.4 Å². The Labute approximate surface area is 139 Å². The first-order chi connectivity index (χ1) is 10.5. The van der Waals surface area contributed by atoms with E-state index in [1.54, 1.807) is 24.4 Å². The predicted octanol–water partition coefficient (Wildman–Crippen LogP) is 5.40. The Kier molecular flexibility index (Phi) is 5.47. The van der Waals surface area contributed by atoms with Gasteiger partial charge in [0.2, 0.25) is 0 Å². The number of benzene rings is 2. The highest BCUT2D eigenvalue weighted by Crippen LogP contribution is 2.27. The maximum atomic E-state index is 11.9. The highest BCUT2D eigenvalue weighted by Gasteiger charge is 2.08. The normalized spacial score (nSPS) is 10.7. The number of aryl methyl sites for hydroxylation is 2. The fraction of sp³-hybridized carbons (Fsp3) is 0.118. The standard InChI is InChI=1S/C17H16Cl2N2O/c1-11-9-12(2)16(15(19)10-11)21-17(22)20-8-7-13-3-5-14(18)6-4-13/h3-10H,1-2H3,(H2,20,21,22)/b8-7+. The summed E-state index contributed by atoms with van der Waals surface area (Å²) >= 11 is 12.0. The van der Waals surface area contributed by atoms with Crippen molar-refractivity contribution in [3.8, 4) is 0 Å². The molecule has 0 radical (unpaired) electrons. The lowest BCUT2D eigenvalue weighted by molar-refractivity contribution is 0.255. The van der Waals surface area contributed by atoms with Crippen molar-refractivity contribution in [1.82, 2.24) is 5.32 Å². The fourth-order valence-electron chi connectivity index (χ4n) is 2.01. The summed E-state index contributed by atoms with van der Waals surface area (Å²) in [5.41, 5.74) is 3.52. The van der Waals surface area contributed by atoms with Crippen molar-refractivity contribution < 1.29 is 4.79 Å². The summed E-state index contributed by atoms with van der Waals surface area (Å²) in [7, 11) is 0. The van der Waals surface area contributed by atoms with Gasteiger partial charge < -0.3 is 10.6 Å². The topological polar surface area (TPSA) is 41.1 Å². The van der Waals surface area contributed by atoms with Crippen molar-refractivity contribution in [2.75, 3.05) is 5.32 Å². The molecule has 0 fully saturated rings. The van der Waals surface area contributed by atoms with E-state index >= 15 is 0 Å². The number of rotatable bonds is 3. The molecule has 0 unspecified atom stereocenters. The third-order valence-corrected chi connectivity index (χ3v) is 3.58. The first-order valence-electron chi connectivity index (χ1n) is 6.72. The molecular formula is C17H16Cl2N2O. The first kappa shape index (κ1) is 16.4. The van der Waals surface area contributed by atoms with Crippen LogP contribution in [-0.4, -0.2) is 6.03 Å². The zero-order valence-corrected chi connectivity index (χ0v) is 13.8. The number of hydrogen-bond acceptors (Lipinski definition) is 1. The molecule has 0 aliphatic rings. The lowest BCUT2D eigenvalue weighted by atomic mass is 10.1. The Hall–Kier alpha value is -1.97. The molecule has 5 heteroatoms. The van der Waals surface area contributed by atoms with Gasteiger partial charge in [0.25, 0.3) is 0 Å². The number of carbonyl (C=O) groups is 1. The zero-order chi connectivity index (χ0) is 16.1. The third kappa shape index (κ3) is 4.52. The maximum Gasteiger partial charge on any atom is 0.323 e. The van der Waals surface area contributed by atoms with E-state index in [9.17, 15) is 4.79 Å². The SMILES string of the molecule is Cc1cc(C)c(NC(=O)N/C=C/c2ccc(Cl)cc2)c(Cl)c1. The number of hydrogen-bond donors (Lipinski definition) is 2. The second-order valence-corrected chi connectivity index (χ2v) is 5.77. The first-order valence-corrected chi connectivity index (χ1v) is 7.47. The molecule has 2 amide bonds. The van der Waals surface area contributed by atoms with Gasteiger partial charge in [0.05, 0.1) is 10.7 Å². The lowest BCUT2D eigenvalue weighted by Gasteiger charge is -2.11. The Morgan fingerprint density at radius 1 is 1.09 bits per heavy atom.